The first-order chi connectivity index (χ1) is 13.2. The maximum atomic E-state index is 12.0. The number of hydrogen-bond acceptors (Lipinski definition) is 4. The molecule has 0 amide bonds. The Morgan fingerprint density at radius 1 is 1.04 bits per heavy atom. The summed E-state index contributed by atoms with van der Waals surface area (Å²) in [4.78, 5) is 12.0. The van der Waals surface area contributed by atoms with Crippen LogP contribution in [0.4, 0.5) is 0 Å². The van der Waals surface area contributed by atoms with Crippen LogP contribution >= 0.6 is 15.9 Å². The number of unbranched alkanes of at least 4 members (excludes halogenated alkanes) is 1. The van der Waals surface area contributed by atoms with E-state index in [0.29, 0.717) is 12.2 Å². The molecule has 1 aliphatic carbocycles. The minimum Gasteiger partial charge on any atom is -0.498 e. The zero-order chi connectivity index (χ0) is 19.2. The average molecular weight is 431 g/mol. The monoisotopic (exact) mass is 430 g/mol. The number of fused-ring (bicyclic) bond motifs is 1. The van der Waals surface area contributed by atoms with Crippen molar-refractivity contribution in [2.75, 3.05) is 20.8 Å². The molecule has 0 radical (unpaired) electrons. The van der Waals surface area contributed by atoms with Crippen molar-refractivity contribution in [1.82, 2.24) is 0 Å². The number of carbonyl (C=O) groups excluding carboxylic acids is 1. The molecule has 5 heteroatoms. The van der Waals surface area contributed by atoms with E-state index in [2.05, 4.69) is 28.1 Å². The van der Waals surface area contributed by atoms with Crippen LogP contribution in [0.5, 0.6) is 0 Å². The Bertz CT molecular complexity index is 826. The van der Waals surface area contributed by atoms with Gasteiger partial charge in [0, 0.05) is 17.2 Å². The normalized spacial score (nSPS) is 15.6. The number of benzene rings is 2. The molecule has 0 N–H and O–H groups in total. The van der Waals surface area contributed by atoms with Gasteiger partial charge in [0.1, 0.15) is 11.9 Å². The zero-order valence-electron chi connectivity index (χ0n) is 15.5. The molecular formula is C22H23BrO4. The second-order valence-electron chi connectivity index (χ2n) is 6.35. The van der Waals surface area contributed by atoms with Gasteiger partial charge in [-0.15, -0.1) is 0 Å². The van der Waals surface area contributed by atoms with Crippen molar-refractivity contribution in [3.63, 3.8) is 0 Å². The topological polar surface area (TPSA) is 44.8 Å². The molecule has 0 saturated carbocycles. The number of hydrogen-bond donors (Lipinski definition) is 0. The first-order valence-corrected chi connectivity index (χ1v) is 9.76. The summed E-state index contributed by atoms with van der Waals surface area (Å²) in [7, 11) is 3.39. The van der Waals surface area contributed by atoms with Crippen molar-refractivity contribution in [1.29, 1.82) is 0 Å². The molecule has 27 heavy (non-hydrogen) atoms. The van der Waals surface area contributed by atoms with E-state index < -0.39 is 0 Å². The highest BCUT2D eigenvalue weighted by atomic mass is 79.9. The molecule has 142 valence electrons. The summed E-state index contributed by atoms with van der Waals surface area (Å²) >= 11 is 3.36. The van der Waals surface area contributed by atoms with Gasteiger partial charge in [0.05, 0.1) is 19.3 Å². The molecule has 2 aromatic rings. The van der Waals surface area contributed by atoms with Gasteiger partial charge in [0.2, 0.25) is 0 Å². The van der Waals surface area contributed by atoms with E-state index in [1.807, 2.05) is 24.3 Å². The minimum atomic E-state index is -0.287. The summed E-state index contributed by atoms with van der Waals surface area (Å²) in [5.74, 6) is 0.593. The lowest BCUT2D eigenvalue weighted by Crippen LogP contribution is -2.06. The minimum absolute atomic E-state index is 0.142. The van der Waals surface area contributed by atoms with E-state index in [0.717, 1.165) is 35.1 Å². The van der Waals surface area contributed by atoms with E-state index in [1.165, 1.54) is 11.1 Å². The molecule has 1 aliphatic rings. The van der Waals surface area contributed by atoms with E-state index >= 15 is 0 Å². The molecular weight excluding hydrogens is 408 g/mol. The van der Waals surface area contributed by atoms with Crippen LogP contribution in [0.3, 0.4) is 0 Å². The van der Waals surface area contributed by atoms with Crippen LogP contribution in [-0.2, 0) is 14.2 Å². The van der Waals surface area contributed by atoms with E-state index in [-0.39, 0.29) is 12.1 Å². The molecule has 0 aromatic heterocycles. The van der Waals surface area contributed by atoms with Crippen molar-refractivity contribution in [3.05, 3.63) is 75.5 Å². The largest absolute Gasteiger partial charge is 0.498 e. The molecule has 4 nitrogen and oxygen atoms in total. The molecule has 2 aromatic carbocycles. The van der Waals surface area contributed by atoms with Gasteiger partial charge in [-0.05, 0) is 54.7 Å². The fourth-order valence-corrected chi connectivity index (χ4v) is 3.66. The Kier molecular flexibility index (Phi) is 6.69. The summed E-state index contributed by atoms with van der Waals surface area (Å²) in [5.41, 5.74) is 4.08. The predicted molar refractivity (Wildman–Crippen MR) is 108 cm³/mol. The summed E-state index contributed by atoms with van der Waals surface area (Å²) in [5, 5.41) is 0. The van der Waals surface area contributed by atoms with Gasteiger partial charge in [-0.2, -0.15) is 0 Å². The molecule has 0 fully saturated rings. The van der Waals surface area contributed by atoms with Crippen molar-refractivity contribution in [2.24, 2.45) is 0 Å². The third kappa shape index (κ3) is 4.42. The van der Waals surface area contributed by atoms with Crippen LogP contribution in [0.1, 0.15) is 46.9 Å². The maximum Gasteiger partial charge on any atom is 0.338 e. The smallest absolute Gasteiger partial charge is 0.338 e. The number of methoxy groups -OCH3 is 2. The summed E-state index contributed by atoms with van der Waals surface area (Å²) < 4.78 is 17.6. The number of carbonyl (C=O) groups is 1. The van der Waals surface area contributed by atoms with Gasteiger partial charge in [0.15, 0.2) is 0 Å². The number of allylic oxidation sites excluding steroid dienone is 1. The molecule has 1 atom stereocenters. The van der Waals surface area contributed by atoms with Gasteiger partial charge < -0.3 is 14.2 Å². The van der Waals surface area contributed by atoms with Crippen LogP contribution < -0.4 is 0 Å². The molecule has 3 rings (SSSR count). The molecule has 1 unspecified atom stereocenters. The number of rotatable bonds is 8. The van der Waals surface area contributed by atoms with Crippen molar-refractivity contribution >= 4 is 27.5 Å². The Labute approximate surface area is 168 Å². The molecule has 0 heterocycles. The highest BCUT2D eigenvalue weighted by Crippen LogP contribution is 2.44. The number of halogens is 1. The Morgan fingerprint density at radius 3 is 2.48 bits per heavy atom. The lowest BCUT2D eigenvalue weighted by molar-refractivity contribution is 0.0498. The summed E-state index contributed by atoms with van der Waals surface area (Å²) in [6.07, 6.45) is 2.41. The maximum absolute atomic E-state index is 12.0. The standard InChI is InChI=1S/C22H23BrO4/c1-25-20-18-8-4-3-7-17(18)19(21(20)26-2)9-5-6-14-27-22(24)15-10-12-16(23)13-11-15/h3-4,7-8,10-13,20H,5-6,9,14H2,1-2H3. The third-order valence-electron chi connectivity index (χ3n) is 4.69. The second kappa shape index (κ2) is 9.20. The van der Waals surface area contributed by atoms with E-state index in [4.69, 9.17) is 14.2 Å². The molecule has 0 spiro atoms. The Morgan fingerprint density at radius 2 is 1.78 bits per heavy atom. The summed E-state index contributed by atoms with van der Waals surface area (Å²) in [6.45, 7) is 0.403. The van der Waals surface area contributed by atoms with Crippen LogP contribution in [0.2, 0.25) is 0 Å². The highest BCUT2D eigenvalue weighted by Gasteiger charge is 2.31. The molecule has 0 aliphatic heterocycles. The van der Waals surface area contributed by atoms with Crippen molar-refractivity contribution in [2.45, 2.75) is 25.4 Å². The summed E-state index contributed by atoms with van der Waals surface area (Å²) in [6, 6.07) is 15.4. The zero-order valence-corrected chi connectivity index (χ0v) is 17.1. The van der Waals surface area contributed by atoms with Crippen molar-refractivity contribution in [3.8, 4) is 0 Å². The first-order valence-electron chi connectivity index (χ1n) is 8.97. The lowest BCUT2D eigenvalue weighted by atomic mass is 10.0. The fourth-order valence-electron chi connectivity index (χ4n) is 3.39. The highest BCUT2D eigenvalue weighted by molar-refractivity contribution is 9.10. The van der Waals surface area contributed by atoms with Crippen LogP contribution in [0.25, 0.3) is 5.57 Å². The van der Waals surface area contributed by atoms with E-state index in [9.17, 15) is 4.79 Å². The van der Waals surface area contributed by atoms with Crippen LogP contribution in [-0.4, -0.2) is 26.8 Å². The van der Waals surface area contributed by atoms with Gasteiger partial charge in [0.25, 0.3) is 0 Å². The number of ether oxygens (including phenoxy) is 3. The fraction of sp³-hybridized carbons (Fsp3) is 0.318. The first kappa shape index (κ1) is 19.6. The molecule has 0 saturated heterocycles. The quantitative estimate of drug-likeness (QED) is 0.407. The molecule has 0 bridgehead atoms. The number of esters is 1. The Hall–Kier alpha value is -2.11. The van der Waals surface area contributed by atoms with Gasteiger partial charge in [-0.25, -0.2) is 4.79 Å². The third-order valence-corrected chi connectivity index (χ3v) is 5.22. The van der Waals surface area contributed by atoms with E-state index in [1.54, 1.807) is 26.4 Å². The Balaban J connectivity index is 1.54. The van der Waals surface area contributed by atoms with Crippen LogP contribution in [0, 0.1) is 0 Å². The lowest BCUT2D eigenvalue weighted by Gasteiger charge is -2.14. The van der Waals surface area contributed by atoms with Gasteiger partial charge in [-0.3, -0.25) is 0 Å². The van der Waals surface area contributed by atoms with Crippen molar-refractivity contribution < 1.29 is 19.0 Å². The van der Waals surface area contributed by atoms with Crippen LogP contribution in [0.15, 0.2) is 58.8 Å². The second-order valence-corrected chi connectivity index (χ2v) is 7.27. The SMILES string of the molecule is COC1=C(CCCCOC(=O)c2ccc(Br)cc2)c2ccccc2C1OC. The predicted octanol–water partition coefficient (Wildman–Crippen LogP) is 5.54. The van der Waals surface area contributed by atoms with Gasteiger partial charge in [-0.1, -0.05) is 40.2 Å². The average Bonchev–Trinajstić information content (AvgIpc) is 3.00. The van der Waals surface area contributed by atoms with Gasteiger partial charge >= 0.3 is 5.97 Å².